The Morgan fingerprint density at radius 2 is 0.588 bits per heavy atom. The van der Waals surface area contributed by atoms with Gasteiger partial charge < -0.3 is 20.3 Å². The zero-order valence-corrected chi connectivity index (χ0v) is 54.6. The number of rotatable bonds is 70. The Bertz CT molecular complexity index is 1210. The van der Waals surface area contributed by atoms with Gasteiger partial charge in [-0.25, -0.2) is 0 Å². The first kappa shape index (κ1) is 78.6. The van der Waals surface area contributed by atoms with E-state index < -0.39 is 12.1 Å². The molecule has 0 fully saturated rings. The second-order valence-electron chi connectivity index (χ2n) is 25.6. The summed E-state index contributed by atoms with van der Waals surface area (Å²) in [6.07, 6.45) is 87.0. The number of aliphatic hydroxyl groups excluding tert-OH is 2. The van der Waals surface area contributed by atoms with Crippen molar-refractivity contribution in [3.05, 3.63) is 12.2 Å². The summed E-state index contributed by atoms with van der Waals surface area (Å²) in [5.41, 5.74) is 0. The zero-order valence-electron chi connectivity index (χ0n) is 54.6. The largest absolute Gasteiger partial charge is 0.466 e. The number of hydrogen-bond acceptors (Lipinski definition) is 5. The monoisotopic (exact) mass is 1130 g/mol. The Morgan fingerprint density at radius 1 is 0.338 bits per heavy atom. The number of carbonyl (C=O) groups is 2. The summed E-state index contributed by atoms with van der Waals surface area (Å²) < 4.78 is 5.50. The van der Waals surface area contributed by atoms with E-state index in [0.717, 1.165) is 44.9 Å². The standard InChI is InChI=1S/C74H145NO5/c1-3-5-7-9-11-13-15-17-19-21-22-23-24-25-26-29-32-35-38-42-46-50-54-58-62-66-72(77)71(70-76)75-73(78)67-63-59-55-51-47-43-39-36-33-30-27-28-31-34-37-41-45-49-53-57-61-65-69-80-74(79)68-64-60-56-52-48-44-40-20-18-16-14-12-10-8-6-4-2/h20,40,71-72,76-77H,3-19,21-39,41-70H2,1-2H3,(H,75,78)/b40-20-. The van der Waals surface area contributed by atoms with E-state index in [1.165, 1.54) is 347 Å². The van der Waals surface area contributed by atoms with Crippen molar-refractivity contribution in [2.24, 2.45) is 0 Å². The van der Waals surface area contributed by atoms with Crippen molar-refractivity contribution in [3.8, 4) is 0 Å². The van der Waals surface area contributed by atoms with E-state index in [9.17, 15) is 19.8 Å². The lowest BCUT2D eigenvalue weighted by Gasteiger charge is -2.22. The predicted octanol–water partition coefficient (Wildman–Crippen LogP) is 23.9. The Kier molecular flexibility index (Phi) is 68.9. The van der Waals surface area contributed by atoms with Gasteiger partial charge in [-0.1, -0.05) is 373 Å². The quantitative estimate of drug-likeness (QED) is 0.0320. The van der Waals surface area contributed by atoms with Crippen molar-refractivity contribution < 1.29 is 24.5 Å². The zero-order chi connectivity index (χ0) is 57.8. The molecule has 0 bridgehead atoms. The number of carbonyl (C=O) groups excluding carboxylic acids is 2. The molecule has 0 saturated heterocycles. The van der Waals surface area contributed by atoms with Gasteiger partial charge >= 0.3 is 5.97 Å². The molecule has 0 radical (unpaired) electrons. The lowest BCUT2D eigenvalue weighted by Crippen LogP contribution is -2.45. The number of unbranched alkanes of at least 4 members (excludes halogenated alkanes) is 57. The van der Waals surface area contributed by atoms with Gasteiger partial charge in [-0.3, -0.25) is 9.59 Å². The maximum absolute atomic E-state index is 12.6. The van der Waals surface area contributed by atoms with Crippen molar-refractivity contribution in [1.82, 2.24) is 5.32 Å². The molecule has 0 spiro atoms. The molecule has 0 aromatic heterocycles. The summed E-state index contributed by atoms with van der Waals surface area (Å²) in [5, 5.41) is 23.5. The molecule has 0 saturated carbocycles. The molecule has 3 N–H and O–H groups in total. The lowest BCUT2D eigenvalue weighted by atomic mass is 10.0. The molecule has 6 nitrogen and oxygen atoms in total. The summed E-state index contributed by atoms with van der Waals surface area (Å²) >= 11 is 0. The molecule has 476 valence electrons. The molecule has 0 rings (SSSR count). The fraction of sp³-hybridized carbons (Fsp3) is 0.946. The first-order chi connectivity index (χ1) is 39.5. The van der Waals surface area contributed by atoms with E-state index in [1.54, 1.807) is 0 Å². The average Bonchev–Trinajstić information content (AvgIpc) is 3.46. The van der Waals surface area contributed by atoms with Crippen LogP contribution >= 0.6 is 0 Å². The van der Waals surface area contributed by atoms with Gasteiger partial charge in [-0.05, 0) is 51.4 Å². The van der Waals surface area contributed by atoms with Gasteiger partial charge in [0.05, 0.1) is 25.4 Å². The highest BCUT2D eigenvalue weighted by atomic mass is 16.5. The van der Waals surface area contributed by atoms with Crippen molar-refractivity contribution in [2.75, 3.05) is 13.2 Å². The van der Waals surface area contributed by atoms with Crippen LogP contribution in [0.1, 0.15) is 425 Å². The number of amides is 1. The molecule has 80 heavy (non-hydrogen) atoms. The number of hydrogen-bond donors (Lipinski definition) is 3. The Balaban J connectivity index is 3.37. The van der Waals surface area contributed by atoms with Crippen LogP contribution in [-0.4, -0.2) is 47.4 Å². The molecular formula is C74H145NO5. The van der Waals surface area contributed by atoms with E-state index in [4.69, 9.17) is 4.74 Å². The molecule has 0 aromatic rings. The second-order valence-corrected chi connectivity index (χ2v) is 25.6. The van der Waals surface area contributed by atoms with E-state index >= 15 is 0 Å². The van der Waals surface area contributed by atoms with Crippen LogP contribution in [0.15, 0.2) is 12.2 Å². The summed E-state index contributed by atoms with van der Waals surface area (Å²) in [6.45, 7) is 4.99. The van der Waals surface area contributed by atoms with Crippen LogP contribution in [-0.2, 0) is 14.3 Å². The van der Waals surface area contributed by atoms with Crippen molar-refractivity contribution in [3.63, 3.8) is 0 Å². The van der Waals surface area contributed by atoms with Crippen LogP contribution in [0.4, 0.5) is 0 Å². The molecule has 0 aliphatic heterocycles. The highest BCUT2D eigenvalue weighted by Crippen LogP contribution is 2.20. The van der Waals surface area contributed by atoms with Crippen LogP contribution in [0, 0.1) is 0 Å². The van der Waals surface area contributed by atoms with E-state index in [1.807, 2.05) is 0 Å². The number of nitrogens with one attached hydrogen (secondary N) is 1. The van der Waals surface area contributed by atoms with Crippen molar-refractivity contribution in [2.45, 2.75) is 437 Å². The Labute approximate surface area is 501 Å². The normalized spacial score (nSPS) is 12.5. The molecule has 0 aliphatic carbocycles. The minimum Gasteiger partial charge on any atom is -0.466 e. The molecule has 2 unspecified atom stereocenters. The van der Waals surface area contributed by atoms with E-state index in [2.05, 4.69) is 31.3 Å². The van der Waals surface area contributed by atoms with Gasteiger partial charge in [0.1, 0.15) is 0 Å². The summed E-state index contributed by atoms with van der Waals surface area (Å²) in [7, 11) is 0. The third kappa shape index (κ3) is 65.7. The SMILES string of the molecule is CCCCCCCCC/C=C\CCCCCCCC(=O)OCCCCCCCCCCCCCCCCCCCCCCCCC(=O)NC(CO)C(O)CCCCCCCCCCCCCCCCCCCCCCCCCCC. The first-order valence-electron chi connectivity index (χ1n) is 36.9. The molecule has 0 heterocycles. The molecule has 6 heteroatoms. The van der Waals surface area contributed by atoms with Gasteiger partial charge in [0.2, 0.25) is 5.91 Å². The van der Waals surface area contributed by atoms with Crippen LogP contribution < -0.4 is 5.32 Å². The topological polar surface area (TPSA) is 95.9 Å². The number of ether oxygens (including phenoxy) is 1. The Morgan fingerprint density at radius 3 is 0.887 bits per heavy atom. The van der Waals surface area contributed by atoms with Crippen LogP contribution in [0.3, 0.4) is 0 Å². The van der Waals surface area contributed by atoms with Gasteiger partial charge in [-0.15, -0.1) is 0 Å². The van der Waals surface area contributed by atoms with Gasteiger partial charge in [-0.2, -0.15) is 0 Å². The number of esters is 1. The minimum atomic E-state index is -0.666. The fourth-order valence-electron chi connectivity index (χ4n) is 11.9. The molecule has 0 aromatic carbocycles. The van der Waals surface area contributed by atoms with Gasteiger partial charge in [0.25, 0.3) is 0 Å². The highest BCUT2D eigenvalue weighted by molar-refractivity contribution is 5.76. The number of allylic oxidation sites excluding steroid dienone is 2. The predicted molar refractivity (Wildman–Crippen MR) is 352 cm³/mol. The molecule has 0 aliphatic rings. The summed E-state index contributed by atoms with van der Waals surface area (Å²) in [4.78, 5) is 24.7. The number of aliphatic hydroxyl groups is 2. The second kappa shape index (κ2) is 70.1. The van der Waals surface area contributed by atoms with Gasteiger partial charge in [0.15, 0.2) is 0 Å². The van der Waals surface area contributed by atoms with Crippen LogP contribution in [0.25, 0.3) is 0 Å². The maximum Gasteiger partial charge on any atom is 0.305 e. The lowest BCUT2D eigenvalue weighted by molar-refractivity contribution is -0.143. The minimum absolute atomic E-state index is 0.00740. The fourth-order valence-corrected chi connectivity index (χ4v) is 11.9. The average molecular weight is 1130 g/mol. The van der Waals surface area contributed by atoms with Crippen LogP contribution in [0.2, 0.25) is 0 Å². The maximum atomic E-state index is 12.6. The third-order valence-corrected chi connectivity index (χ3v) is 17.6. The van der Waals surface area contributed by atoms with E-state index in [-0.39, 0.29) is 18.5 Å². The first-order valence-corrected chi connectivity index (χ1v) is 36.9. The molecular weight excluding hydrogens is 983 g/mol. The van der Waals surface area contributed by atoms with Crippen molar-refractivity contribution in [1.29, 1.82) is 0 Å². The molecule has 1 amide bonds. The Hall–Kier alpha value is -1.40. The smallest absolute Gasteiger partial charge is 0.305 e. The third-order valence-electron chi connectivity index (χ3n) is 17.6. The highest BCUT2D eigenvalue weighted by Gasteiger charge is 2.20. The van der Waals surface area contributed by atoms with E-state index in [0.29, 0.717) is 25.9 Å². The summed E-state index contributed by atoms with van der Waals surface area (Å²) in [5.74, 6) is -0.0221. The summed E-state index contributed by atoms with van der Waals surface area (Å²) in [6, 6.07) is -0.543. The van der Waals surface area contributed by atoms with Crippen molar-refractivity contribution >= 4 is 11.9 Å². The van der Waals surface area contributed by atoms with Gasteiger partial charge in [0, 0.05) is 12.8 Å². The molecule has 2 atom stereocenters. The van der Waals surface area contributed by atoms with Crippen LogP contribution in [0.5, 0.6) is 0 Å².